The lowest BCUT2D eigenvalue weighted by molar-refractivity contribution is -0.137. The summed E-state index contributed by atoms with van der Waals surface area (Å²) in [6.45, 7) is 4.51. The molecule has 0 atom stereocenters. The molecule has 0 rings (SSSR count). The molecule has 0 aliphatic rings. The molecule has 208 valence electrons. The third-order valence-corrected chi connectivity index (χ3v) is 7.09. The topological polar surface area (TPSA) is 52.3 Å². The van der Waals surface area contributed by atoms with E-state index in [2.05, 4.69) is 6.92 Å². The van der Waals surface area contributed by atoms with Crippen LogP contribution in [0.15, 0.2) is 11.8 Å². The van der Waals surface area contributed by atoms with E-state index in [0.717, 1.165) is 12.8 Å². The molecule has 0 radical (unpaired) electrons. The Morgan fingerprint density at radius 1 is 0.514 bits per heavy atom. The Balaban J connectivity index is 3.08. The van der Waals surface area contributed by atoms with E-state index in [4.69, 9.17) is 10.5 Å². The van der Waals surface area contributed by atoms with Gasteiger partial charge in [0.05, 0.1) is 6.61 Å². The predicted molar refractivity (Wildman–Crippen MR) is 155 cm³/mol. The molecule has 3 heteroatoms. The molecule has 0 heterocycles. The third-order valence-electron chi connectivity index (χ3n) is 7.09. The van der Waals surface area contributed by atoms with Crippen LogP contribution in [0.4, 0.5) is 0 Å². The summed E-state index contributed by atoms with van der Waals surface area (Å²) < 4.78 is 5.11. The van der Waals surface area contributed by atoms with Gasteiger partial charge in [0.2, 0.25) is 0 Å². The molecule has 0 aliphatic carbocycles. The molecule has 3 nitrogen and oxygen atoms in total. The van der Waals surface area contributed by atoms with Gasteiger partial charge >= 0.3 is 5.97 Å². The Morgan fingerprint density at radius 3 is 1.03 bits per heavy atom. The first-order valence-corrected chi connectivity index (χ1v) is 15.8. The second kappa shape index (κ2) is 29.2. The molecule has 0 saturated carbocycles. The number of carbonyl (C=O) groups excluding carboxylic acids is 1. The van der Waals surface area contributed by atoms with Crippen LogP contribution in [0.5, 0.6) is 0 Å². The monoisotopic (exact) mass is 493 g/mol. The number of carbonyl (C=O) groups is 1. The molecule has 35 heavy (non-hydrogen) atoms. The molecular formula is C32H63NO2. The van der Waals surface area contributed by atoms with Crippen LogP contribution in [0, 0.1) is 0 Å². The predicted octanol–water partition coefficient (Wildman–Crippen LogP) is 10.6. The Kier molecular flexibility index (Phi) is 28.4. The first-order valence-electron chi connectivity index (χ1n) is 15.8. The van der Waals surface area contributed by atoms with Gasteiger partial charge in [-0.15, -0.1) is 0 Å². The second-order valence-electron chi connectivity index (χ2n) is 10.9. The molecule has 0 bridgehead atoms. The van der Waals surface area contributed by atoms with Gasteiger partial charge in [-0.25, -0.2) is 4.79 Å². The van der Waals surface area contributed by atoms with Gasteiger partial charge in [-0.05, 0) is 13.3 Å². The van der Waals surface area contributed by atoms with E-state index in [1.165, 1.54) is 160 Å². The van der Waals surface area contributed by atoms with E-state index >= 15 is 0 Å². The molecule has 0 saturated heterocycles. The largest absolute Gasteiger partial charge is 0.462 e. The number of hydrogen-bond acceptors (Lipinski definition) is 3. The maximum absolute atomic E-state index is 11.3. The Morgan fingerprint density at radius 2 is 0.771 bits per heavy atom. The number of ether oxygens (including phenoxy) is 1. The lowest BCUT2D eigenvalue weighted by Gasteiger charge is -2.05. The molecule has 0 fully saturated rings. The van der Waals surface area contributed by atoms with Crippen molar-refractivity contribution in [2.45, 2.75) is 181 Å². The molecule has 0 aliphatic heterocycles. The minimum absolute atomic E-state index is 0.315. The molecular weight excluding hydrogens is 430 g/mol. The van der Waals surface area contributed by atoms with Crippen molar-refractivity contribution in [2.24, 2.45) is 5.73 Å². The van der Waals surface area contributed by atoms with Crippen LogP contribution < -0.4 is 5.73 Å². The van der Waals surface area contributed by atoms with Gasteiger partial charge in [0, 0.05) is 11.8 Å². The quantitative estimate of drug-likeness (QED) is 0.0669. The summed E-state index contributed by atoms with van der Waals surface area (Å²) >= 11 is 0. The van der Waals surface area contributed by atoms with Crippen LogP contribution in [-0.2, 0) is 9.53 Å². The maximum atomic E-state index is 11.3. The highest BCUT2D eigenvalue weighted by Gasteiger charge is 1.99. The van der Waals surface area contributed by atoms with E-state index in [1.807, 2.05) is 0 Å². The number of esters is 1. The summed E-state index contributed by atoms with van der Waals surface area (Å²) in [4.78, 5) is 11.3. The van der Waals surface area contributed by atoms with Gasteiger partial charge in [-0.1, -0.05) is 167 Å². The average Bonchev–Trinajstić information content (AvgIpc) is 2.83. The van der Waals surface area contributed by atoms with Crippen LogP contribution >= 0.6 is 0 Å². The zero-order chi connectivity index (χ0) is 25.7. The van der Waals surface area contributed by atoms with Gasteiger partial charge < -0.3 is 10.5 Å². The number of nitrogens with two attached hydrogens (primary N) is 1. The molecule has 0 amide bonds. The molecule has 0 aromatic carbocycles. The van der Waals surface area contributed by atoms with Crippen LogP contribution in [0.3, 0.4) is 0 Å². The van der Waals surface area contributed by atoms with Gasteiger partial charge in [0.15, 0.2) is 0 Å². The van der Waals surface area contributed by atoms with E-state index in [1.54, 1.807) is 6.92 Å². The van der Waals surface area contributed by atoms with Crippen molar-refractivity contribution in [2.75, 3.05) is 6.61 Å². The highest BCUT2D eigenvalue weighted by molar-refractivity contribution is 5.82. The van der Waals surface area contributed by atoms with Crippen molar-refractivity contribution in [1.82, 2.24) is 0 Å². The van der Waals surface area contributed by atoms with E-state index in [0.29, 0.717) is 12.3 Å². The third kappa shape index (κ3) is 31.0. The SMILES string of the molecule is CCCCCCCCCCCCCCCCCCCCCCCCCCCCOC(=O)/C=C(/C)N. The molecule has 0 aromatic rings. The van der Waals surface area contributed by atoms with E-state index in [-0.39, 0.29) is 5.97 Å². The zero-order valence-electron chi connectivity index (χ0n) is 24.1. The maximum Gasteiger partial charge on any atom is 0.332 e. The lowest BCUT2D eigenvalue weighted by Crippen LogP contribution is -2.05. The fourth-order valence-electron chi connectivity index (χ4n) is 4.82. The van der Waals surface area contributed by atoms with Crippen LogP contribution in [0.25, 0.3) is 0 Å². The van der Waals surface area contributed by atoms with Crippen molar-refractivity contribution in [3.05, 3.63) is 11.8 Å². The second-order valence-corrected chi connectivity index (χ2v) is 10.9. The summed E-state index contributed by atoms with van der Waals surface area (Å²) in [6, 6.07) is 0. The number of allylic oxidation sites excluding steroid dienone is 1. The van der Waals surface area contributed by atoms with Crippen molar-refractivity contribution < 1.29 is 9.53 Å². The van der Waals surface area contributed by atoms with Crippen molar-refractivity contribution in [1.29, 1.82) is 0 Å². The highest BCUT2D eigenvalue weighted by atomic mass is 16.5. The first-order chi connectivity index (χ1) is 17.2. The fourth-order valence-corrected chi connectivity index (χ4v) is 4.82. The average molecular weight is 494 g/mol. The van der Waals surface area contributed by atoms with Gasteiger partial charge in [-0.3, -0.25) is 0 Å². The van der Waals surface area contributed by atoms with Crippen molar-refractivity contribution in [3.63, 3.8) is 0 Å². The Labute approximate surface area is 220 Å². The fraction of sp³-hybridized carbons (Fsp3) is 0.906. The zero-order valence-corrected chi connectivity index (χ0v) is 24.1. The van der Waals surface area contributed by atoms with Crippen LogP contribution in [0.2, 0.25) is 0 Å². The summed E-state index contributed by atoms with van der Waals surface area (Å²) in [5.41, 5.74) is 5.95. The molecule has 0 unspecified atom stereocenters. The lowest BCUT2D eigenvalue weighted by atomic mass is 10.0. The van der Waals surface area contributed by atoms with Gasteiger partial charge in [0.1, 0.15) is 0 Å². The molecule has 0 aromatic heterocycles. The molecule has 0 spiro atoms. The minimum Gasteiger partial charge on any atom is -0.462 e. The summed E-state index contributed by atoms with van der Waals surface area (Å²) in [6.07, 6.45) is 37.8. The minimum atomic E-state index is -0.315. The van der Waals surface area contributed by atoms with E-state index < -0.39 is 0 Å². The summed E-state index contributed by atoms with van der Waals surface area (Å²) in [7, 11) is 0. The van der Waals surface area contributed by atoms with Crippen molar-refractivity contribution >= 4 is 5.97 Å². The standard InChI is InChI=1S/C32H63NO2/c1-3-4-5-6-7-8-9-10-11-12-13-14-15-16-17-18-19-20-21-22-23-24-25-26-27-28-29-35-32(34)30-31(2)33/h30H,3-29,33H2,1-2H3/b31-30-. The first kappa shape index (κ1) is 34.0. The Bertz CT molecular complexity index is 456. The Hall–Kier alpha value is -0.990. The smallest absolute Gasteiger partial charge is 0.332 e. The van der Waals surface area contributed by atoms with Crippen LogP contribution in [0.1, 0.15) is 181 Å². The van der Waals surface area contributed by atoms with E-state index in [9.17, 15) is 4.79 Å². The van der Waals surface area contributed by atoms with Gasteiger partial charge in [-0.2, -0.15) is 0 Å². The number of unbranched alkanes of at least 4 members (excludes halogenated alkanes) is 25. The normalized spacial score (nSPS) is 11.8. The van der Waals surface area contributed by atoms with Crippen molar-refractivity contribution in [3.8, 4) is 0 Å². The van der Waals surface area contributed by atoms with Crippen LogP contribution in [-0.4, -0.2) is 12.6 Å². The van der Waals surface area contributed by atoms with Gasteiger partial charge in [0.25, 0.3) is 0 Å². The number of hydrogen-bond donors (Lipinski definition) is 1. The molecule has 2 N–H and O–H groups in total. The highest BCUT2D eigenvalue weighted by Crippen LogP contribution is 2.16. The summed E-state index contributed by atoms with van der Waals surface area (Å²) in [5, 5.41) is 0. The number of rotatable bonds is 28. The summed E-state index contributed by atoms with van der Waals surface area (Å²) in [5.74, 6) is -0.315.